The van der Waals surface area contributed by atoms with Crippen LogP contribution in [0.1, 0.15) is 23.5 Å². The second kappa shape index (κ2) is 11.1. The molecule has 0 heterocycles. The van der Waals surface area contributed by atoms with E-state index in [4.69, 9.17) is 14.6 Å². The molecule has 8 heteroatoms. The average Bonchev–Trinajstić information content (AvgIpc) is 3.11. The Kier molecular flexibility index (Phi) is 7.99. The molecule has 0 bridgehead atoms. The highest BCUT2D eigenvalue weighted by atomic mass is 16.5. The summed E-state index contributed by atoms with van der Waals surface area (Å²) in [7, 11) is 1.50. The van der Waals surface area contributed by atoms with Crippen molar-refractivity contribution in [1.29, 1.82) is 0 Å². The maximum absolute atomic E-state index is 12.5. The Morgan fingerprint density at radius 2 is 1.69 bits per heavy atom. The van der Waals surface area contributed by atoms with Crippen LogP contribution in [0.15, 0.2) is 60.7 Å². The number of nitrogens with one attached hydrogen (secondary N) is 2. The molecular weight excluding hydrogens is 412 g/mol. The molecule has 1 atom stereocenters. The van der Waals surface area contributed by atoms with Crippen LogP contribution in [-0.2, 0) is 19.1 Å². The number of amides is 2. The SMILES string of the molecule is COCCC(NC(=O)OCC1c2ccccc2-c2ccccc21)C(=O)NC/C=C/C(=O)O. The second-order valence-electron chi connectivity index (χ2n) is 7.29. The standard InChI is InChI=1S/C24H26N2O6/c1-31-14-12-21(23(29)25-13-6-11-22(27)28)26-24(30)32-15-20-18-9-4-2-7-16(18)17-8-3-5-10-19(17)20/h2-11,20-21H,12-15H2,1H3,(H,25,29)(H,26,30)(H,27,28)/b11-6+. The van der Waals surface area contributed by atoms with Gasteiger partial charge in [0.2, 0.25) is 5.91 Å². The third-order valence-corrected chi connectivity index (χ3v) is 5.22. The predicted octanol–water partition coefficient (Wildman–Crippen LogP) is 2.69. The third-order valence-electron chi connectivity index (χ3n) is 5.22. The van der Waals surface area contributed by atoms with Crippen LogP contribution in [0.4, 0.5) is 4.79 Å². The van der Waals surface area contributed by atoms with Gasteiger partial charge in [0.15, 0.2) is 0 Å². The van der Waals surface area contributed by atoms with Gasteiger partial charge in [-0.1, -0.05) is 54.6 Å². The first kappa shape index (κ1) is 23.0. The van der Waals surface area contributed by atoms with E-state index in [9.17, 15) is 14.4 Å². The number of alkyl carbamates (subject to hydrolysis) is 1. The van der Waals surface area contributed by atoms with Crippen molar-refractivity contribution in [2.45, 2.75) is 18.4 Å². The minimum atomic E-state index is -1.10. The molecule has 0 saturated carbocycles. The number of aliphatic carboxylic acids is 1. The Hall–Kier alpha value is -3.65. The molecule has 0 radical (unpaired) electrons. The van der Waals surface area contributed by atoms with Crippen LogP contribution in [0, 0.1) is 0 Å². The van der Waals surface area contributed by atoms with Crippen LogP contribution >= 0.6 is 0 Å². The van der Waals surface area contributed by atoms with Crippen molar-refractivity contribution in [3.05, 3.63) is 71.8 Å². The first-order chi connectivity index (χ1) is 15.5. The number of carbonyl (C=O) groups excluding carboxylic acids is 2. The topological polar surface area (TPSA) is 114 Å². The molecule has 1 aliphatic carbocycles. The summed E-state index contributed by atoms with van der Waals surface area (Å²) in [5.74, 6) is -1.64. The Balaban J connectivity index is 1.60. The lowest BCUT2D eigenvalue weighted by Gasteiger charge is -2.19. The van der Waals surface area contributed by atoms with E-state index in [0.717, 1.165) is 28.3 Å². The quantitative estimate of drug-likeness (QED) is 0.492. The van der Waals surface area contributed by atoms with Gasteiger partial charge in [-0.25, -0.2) is 9.59 Å². The number of carboxylic acids is 1. The molecule has 2 amide bonds. The van der Waals surface area contributed by atoms with Gasteiger partial charge in [0.05, 0.1) is 0 Å². The molecule has 32 heavy (non-hydrogen) atoms. The molecule has 2 aromatic rings. The smallest absolute Gasteiger partial charge is 0.407 e. The summed E-state index contributed by atoms with van der Waals surface area (Å²) >= 11 is 0. The summed E-state index contributed by atoms with van der Waals surface area (Å²) in [6.07, 6.45) is 1.78. The number of fused-ring (bicyclic) bond motifs is 3. The molecule has 168 valence electrons. The van der Waals surface area contributed by atoms with E-state index in [-0.39, 0.29) is 32.1 Å². The van der Waals surface area contributed by atoms with Crippen molar-refractivity contribution in [2.75, 3.05) is 26.9 Å². The van der Waals surface area contributed by atoms with E-state index in [0.29, 0.717) is 0 Å². The van der Waals surface area contributed by atoms with Crippen LogP contribution < -0.4 is 10.6 Å². The van der Waals surface area contributed by atoms with Gasteiger partial charge in [-0.2, -0.15) is 0 Å². The van der Waals surface area contributed by atoms with Crippen molar-refractivity contribution < 1.29 is 29.0 Å². The van der Waals surface area contributed by atoms with Crippen molar-refractivity contribution in [1.82, 2.24) is 10.6 Å². The summed E-state index contributed by atoms with van der Waals surface area (Å²) < 4.78 is 10.5. The van der Waals surface area contributed by atoms with E-state index in [2.05, 4.69) is 22.8 Å². The lowest BCUT2D eigenvalue weighted by molar-refractivity contribution is -0.131. The molecule has 1 unspecified atom stereocenters. The fraction of sp³-hybridized carbons (Fsp3) is 0.292. The Morgan fingerprint density at radius 1 is 1.06 bits per heavy atom. The average molecular weight is 438 g/mol. The fourth-order valence-corrected chi connectivity index (χ4v) is 3.73. The van der Waals surface area contributed by atoms with E-state index in [1.807, 2.05) is 36.4 Å². The molecule has 0 spiro atoms. The number of benzene rings is 2. The van der Waals surface area contributed by atoms with E-state index in [1.165, 1.54) is 13.2 Å². The van der Waals surface area contributed by atoms with Gasteiger partial charge in [0.25, 0.3) is 0 Å². The summed E-state index contributed by atoms with van der Waals surface area (Å²) in [6.45, 7) is 0.424. The van der Waals surface area contributed by atoms with Crippen molar-refractivity contribution in [3.63, 3.8) is 0 Å². The van der Waals surface area contributed by atoms with Crippen molar-refractivity contribution >= 4 is 18.0 Å². The van der Waals surface area contributed by atoms with Gasteiger partial charge in [-0.05, 0) is 22.3 Å². The number of ether oxygens (including phenoxy) is 2. The van der Waals surface area contributed by atoms with Crippen molar-refractivity contribution in [3.8, 4) is 11.1 Å². The highest BCUT2D eigenvalue weighted by Gasteiger charge is 2.29. The molecular formula is C24H26N2O6. The zero-order chi connectivity index (χ0) is 22.9. The van der Waals surface area contributed by atoms with Crippen LogP contribution in [0.5, 0.6) is 0 Å². The molecule has 8 nitrogen and oxygen atoms in total. The lowest BCUT2D eigenvalue weighted by atomic mass is 9.98. The number of methoxy groups -OCH3 is 1. The zero-order valence-electron chi connectivity index (χ0n) is 17.7. The van der Waals surface area contributed by atoms with Gasteiger partial charge in [-0.15, -0.1) is 0 Å². The predicted molar refractivity (Wildman–Crippen MR) is 118 cm³/mol. The minimum absolute atomic E-state index is 0.0288. The van der Waals surface area contributed by atoms with Gasteiger partial charge >= 0.3 is 12.1 Å². The van der Waals surface area contributed by atoms with Gasteiger partial charge in [0.1, 0.15) is 12.6 Å². The molecule has 3 N–H and O–H groups in total. The van der Waals surface area contributed by atoms with Gasteiger partial charge in [-0.3, -0.25) is 4.79 Å². The number of carbonyl (C=O) groups is 3. The van der Waals surface area contributed by atoms with Crippen LogP contribution in [-0.4, -0.2) is 56.0 Å². The molecule has 0 aromatic heterocycles. The molecule has 0 aliphatic heterocycles. The largest absolute Gasteiger partial charge is 0.478 e. The molecule has 3 rings (SSSR count). The minimum Gasteiger partial charge on any atom is -0.478 e. The summed E-state index contributed by atoms with van der Waals surface area (Å²) in [4.78, 5) is 35.4. The number of hydrogen-bond donors (Lipinski definition) is 3. The van der Waals surface area contributed by atoms with Crippen LogP contribution in [0.2, 0.25) is 0 Å². The lowest BCUT2D eigenvalue weighted by Crippen LogP contribution is -2.47. The first-order valence-electron chi connectivity index (χ1n) is 10.3. The normalized spacial score (nSPS) is 13.3. The Morgan fingerprint density at radius 3 is 2.28 bits per heavy atom. The Labute approximate surface area is 186 Å². The molecule has 0 saturated heterocycles. The molecule has 2 aromatic carbocycles. The van der Waals surface area contributed by atoms with E-state index >= 15 is 0 Å². The summed E-state index contributed by atoms with van der Waals surface area (Å²) in [5, 5.41) is 13.7. The number of hydrogen-bond acceptors (Lipinski definition) is 5. The molecule has 1 aliphatic rings. The summed E-state index contributed by atoms with van der Waals surface area (Å²) in [5.41, 5.74) is 4.45. The maximum Gasteiger partial charge on any atom is 0.407 e. The van der Waals surface area contributed by atoms with E-state index < -0.39 is 24.0 Å². The van der Waals surface area contributed by atoms with Crippen molar-refractivity contribution in [2.24, 2.45) is 0 Å². The maximum atomic E-state index is 12.5. The fourth-order valence-electron chi connectivity index (χ4n) is 3.73. The first-order valence-corrected chi connectivity index (χ1v) is 10.3. The zero-order valence-corrected chi connectivity index (χ0v) is 17.7. The highest BCUT2D eigenvalue weighted by molar-refractivity contribution is 5.86. The van der Waals surface area contributed by atoms with Gasteiger partial charge < -0.3 is 25.2 Å². The summed E-state index contributed by atoms with van der Waals surface area (Å²) in [6, 6.07) is 15.2. The molecule has 0 fully saturated rings. The number of carboxylic acid groups (broad SMARTS) is 1. The number of rotatable bonds is 10. The van der Waals surface area contributed by atoms with Gasteiger partial charge in [0, 0.05) is 38.7 Å². The second-order valence-corrected chi connectivity index (χ2v) is 7.29. The third kappa shape index (κ3) is 5.73. The van der Waals surface area contributed by atoms with Crippen LogP contribution in [0.25, 0.3) is 11.1 Å². The van der Waals surface area contributed by atoms with E-state index in [1.54, 1.807) is 0 Å². The van der Waals surface area contributed by atoms with Crippen LogP contribution in [0.3, 0.4) is 0 Å². The Bertz CT molecular complexity index is 958. The monoisotopic (exact) mass is 438 g/mol. The highest BCUT2D eigenvalue weighted by Crippen LogP contribution is 2.44.